The van der Waals surface area contributed by atoms with Crippen LogP contribution in [0.15, 0.2) is 55.2 Å². The topological polar surface area (TPSA) is 78.0 Å². The standard InChI is InChI=1S/C23H24N2O5S/c1-5-16-9-8-10-19-21(16)24-15-20(23(26)29-7-3)22(19)25(6-2)31(27)30-18-13-11-17(28-4)12-14-18/h5,8-15H,1,6-7H2,2-4H3. The highest BCUT2D eigenvalue weighted by Crippen LogP contribution is 2.33. The number of methoxy groups -OCH3 is 1. The molecule has 1 heterocycles. The third-order valence-corrected chi connectivity index (χ3v) is 5.69. The molecule has 31 heavy (non-hydrogen) atoms. The van der Waals surface area contributed by atoms with Gasteiger partial charge in [-0.2, -0.15) is 4.21 Å². The lowest BCUT2D eigenvalue weighted by atomic mass is 10.1. The molecule has 8 heteroatoms. The monoisotopic (exact) mass is 440 g/mol. The van der Waals surface area contributed by atoms with Crippen LogP contribution >= 0.6 is 0 Å². The van der Waals surface area contributed by atoms with Crippen LogP contribution in [0.3, 0.4) is 0 Å². The van der Waals surface area contributed by atoms with Crippen molar-refractivity contribution in [3.63, 3.8) is 0 Å². The molecule has 0 amide bonds. The summed E-state index contributed by atoms with van der Waals surface area (Å²) in [5.41, 5.74) is 2.08. The maximum Gasteiger partial charge on any atom is 0.341 e. The van der Waals surface area contributed by atoms with Crippen molar-refractivity contribution in [2.45, 2.75) is 13.8 Å². The summed E-state index contributed by atoms with van der Waals surface area (Å²) in [6.45, 7) is 7.90. The Morgan fingerprint density at radius 1 is 1.16 bits per heavy atom. The number of esters is 1. The SMILES string of the molecule is C=Cc1cccc2c(N(CC)S(=O)Oc3ccc(OC)cc3)c(C(=O)OCC)cnc12. The van der Waals surface area contributed by atoms with Crippen LogP contribution in [0.2, 0.25) is 0 Å². The molecule has 0 aliphatic carbocycles. The van der Waals surface area contributed by atoms with Gasteiger partial charge in [-0.25, -0.2) is 4.79 Å². The van der Waals surface area contributed by atoms with E-state index < -0.39 is 17.2 Å². The molecule has 3 aromatic rings. The second-order valence-electron chi connectivity index (χ2n) is 6.36. The van der Waals surface area contributed by atoms with Crippen LogP contribution in [-0.4, -0.2) is 35.4 Å². The molecule has 1 aromatic heterocycles. The smallest absolute Gasteiger partial charge is 0.341 e. The molecular weight excluding hydrogens is 416 g/mol. The van der Waals surface area contributed by atoms with Crippen LogP contribution in [0.5, 0.6) is 11.5 Å². The van der Waals surface area contributed by atoms with Gasteiger partial charge in [0.25, 0.3) is 0 Å². The van der Waals surface area contributed by atoms with Gasteiger partial charge in [-0.3, -0.25) is 9.29 Å². The molecule has 0 spiro atoms. The molecule has 0 bridgehead atoms. The molecule has 2 aromatic carbocycles. The van der Waals surface area contributed by atoms with Crippen molar-refractivity contribution >= 4 is 39.9 Å². The van der Waals surface area contributed by atoms with E-state index in [1.165, 1.54) is 10.5 Å². The molecule has 0 N–H and O–H groups in total. The Morgan fingerprint density at radius 2 is 1.87 bits per heavy atom. The Balaban J connectivity index is 2.10. The molecule has 0 saturated heterocycles. The molecule has 0 saturated carbocycles. The van der Waals surface area contributed by atoms with Crippen molar-refractivity contribution in [2.75, 3.05) is 24.6 Å². The average molecular weight is 441 g/mol. The fourth-order valence-electron chi connectivity index (χ4n) is 3.12. The lowest BCUT2D eigenvalue weighted by Crippen LogP contribution is -2.31. The van der Waals surface area contributed by atoms with Crippen LogP contribution in [-0.2, 0) is 16.0 Å². The predicted octanol–water partition coefficient (Wildman–Crippen LogP) is 4.55. The first-order chi connectivity index (χ1) is 15.0. The van der Waals surface area contributed by atoms with Crippen molar-refractivity contribution in [2.24, 2.45) is 0 Å². The molecule has 0 fully saturated rings. The van der Waals surface area contributed by atoms with Crippen LogP contribution in [0, 0.1) is 0 Å². The number of hydrogen-bond donors (Lipinski definition) is 0. The van der Waals surface area contributed by atoms with Gasteiger partial charge in [-0.1, -0.05) is 30.9 Å². The Hall–Kier alpha value is -3.39. The number of benzene rings is 2. The summed E-state index contributed by atoms with van der Waals surface area (Å²) in [5.74, 6) is 0.517. The van der Waals surface area contributed by atoms with Gasteiger partial charge in [0.1, 0.15) is 17.1 Å². The molecule has 0 aliphatic heterocycles. The lowest BCUT2D eigenvalue weighted by Gasteiger charge is -2.24. The summed E-state index contributed by atoms with van der Waals surface area (Å²) >= 11 is -1.93. The number of carbonyl (C=O) groups is 1. The average Bonchev–Trinajstić information content (AvgIpc) is 2.79. The number of carbonyl (C=O) groups excluding carboxylic acids is 1. The highest BCUT2D eigenvalue weighted by molar-refractivity contribution is 7.82. The molecule has 1 atom stereocenters. The predicted molar refractivity (Wildman–Crippen MR) is 123 cm³/mol. The maximum absolute atomic E-state index is 13.2. The van der Waals surface area contributed by atoms with Gasteiger partial charge in [-0.05, 0) is 38.1 Å². The van der Waals surface area contributed by atoms with E-state index in [0.29, 0.717) is 34.6 Å². The van der Waals surface area contributed by atoms with Crippen molar-refractivity contribution in [1.29, 1.82) is 0 Å². The van der Waals surface area contributed by atoms with E-state index in [9.17, 15) is 9.00 Å². The summed E-state index contributed by atoms with van der Waals surface area (Å²) in [4.78, 5) is 17.1. The van der Waals surface area contributed by atoms with Crippen LogP contribution in [0.4, 0.5) is 5.69 Å². The minimum Gasteiger partial charge on any atom is -0.497 e. The summed E-state index contributed by atoms with van der Waals surface area (Å²) < 4.78 is 30.8. The Kier molecular flexibility index (Phi) is 7.25. The number of ether oxygens (including phenoxy) is 2. The molecule has 1 unspecified atom stereocenters. The molecule has 0 radical (unpaired) electrons. The fraction of sp³-hybridized carbons (Fsp3) is 0.217. The lowest BCUT2D eigenvalue weighted by molar-refractivity contribution is 0.0527. The van der Waals surface area contributed by atoms with E-state index in [4.69, 9.17) is 13.7 Å². The van der Waals surface area contributed by atoms with Gasteiger partial charge >= 0.3 is 17.2 Å². The van der Waals surface area contributed by atoms with E-state index >= 15 is 0 Å². The quantitative estimate of drug-likeness (QED) is 0.455. The fourth-order valence-corrected chi connectivity index (χ4v) is 4.04. The number of nitrogens with zero attached hydrogens (tertiary/aromatic N) is 2. The van der Waals surface area contributed by atoms with Crippen molar-refractivity contribution in [3.8, 4) is 11.5 Å². The van der Waals surface area contributed by atoms with Gasteiger partial charge in [0.2, 0.25) is 0 Å². The minimum atomic E-state index is -1.93. The molecule has 0 aliphatic rings. The zero-order valence-electron chi connectivity index (χ0n) is 17.7. The largest absolute Gasteiger partial charge is 0.497 e. The summed E-state index contributed by atoms with van der Waals surface area (Å²) in [6.07, 6.45) is 3.13. The first-order valence-electron chi connectivity index (χ1n) is 9.77. The first-order valence-corrected chi connectivity index (χ1v) is 10.8. The van der Waals surface area contributed by atoms with Crippen LogP contribution < -0.4 is 13.2 Å². The molecule has 3 rings (SSSR count). The summed E-state index contributed by atoms with van der Waals surface area (Å²) in [5, 5.41) is 0.650. The number of fused-ring (bicyclic) bond motifs is 1. The van der Waals surface area contributed by atoms with E-state index in [2.05, 4.69) is 11.6 Å². The van der Waals surface area contributed by atoms with Gasteiger partial charge < -0.3 is 13.7 Å². The minimum absolute atomic E-state index is 0.209. The Morgan fingerprint density at radius 3 is 2.48 bits per heavy atom. The Labute approximate surface area is 184 Å². The molecular formula is C23H24N2O5S. The van der Waals surface area contributed by atoms with E-state index in [0.717, 1.165) is 5.56 Å². The third kappa shape index (κ3) is 4.69. The number of rotatable bonds is 9. The number of anilines is 1. The molecule has 7 nitrogen and oxygen atoms in total. The van der Waals surface area contributed by atoms with E-state index in [1.54, 1.807) is 44.4 Å². The van der Waals surface area contributed by atoms with Gasteiger partial charge in [0.05, 0.1) is 24.9 Å². The van der Waals surface area contributed by atoms with E-state index in [-0.39, 0.29) is 12.2 Å². The number of para-hydroxylation sites is 1. The normalized spacial score (nSPS) is 11.6. The highest BCUT2D eigenvalue weighted by atomic mass is 32.2. The van der Waals surface area contributed by atoms with Crippen molar-refractivity contribution in [1.82, 2.24) is 4.98 Å². The summed E-state index contributed by atoms with van der Waals surface area (Å²) in [6, 6.07) is 12.3. The first kappa shape index (κ1) is 22.3. The highest BCUT2D eigenvalue weighted by Gasteiger charge is 2.26. The van der Waals surface area contributed by atoms with Gasteiger partial charge in [0, 0.05) is 23.7 Å². The van der Waals surface area contributed by atoms with Crippen molar-refractivity contribution in [3.05, 3.63) is 66.4 Å². The van der Waals surface area contributed by atoms with Gasteiger partial charge in [0.15, 0.2) is 0 Å². The number of aromatic nitrogens is 1. The summed E-state index contributed by atoms with van der Waals surface area (Å²) in [7, 11) is 1.57. The second kappa shape index (κ2) is 10.1. The van der Waals surface area contributed by atoms with Crippen LogP contribution in [0.25, 0.3) is 17.0 Å². The molecule has 162 valence electrons. The Bertz CT molecular complexity index is 1110. The number of hydrogen-bond acceptors (Lipinski definition) is 6. The third-order valence-electron chi connectivity index (χ3n) is 4.56. The van der Waals surface area contributed by atoms with E-state index in [1.807, 2.05) is 25.1 Å². The zero-order valence-corrected chi connectivity index (χ0v) is 18.5. The maximum atomic E-state index is 13.2. The van der Waals surface area contributed by atoms with Crippen molar-refractivity contribution < 1.29 is 22.7 Å². The number of pyridine rings is 1. The zero-order chi connectivity index (χ0) is 22.4. The van der Waals surface area contributed by atoms with Gasteiger partial charge in [-0.15, -0.1) is 0 Å². The van der Waals surface area contributed by atoms with Crippen LogP contribution in [0.1, 0.15) is 29.8 Å². The second-order valence-corrected chi connectivity index (χ2v) is 7.40.